The zero-order chi connectivity index (χ0) is 33.4. The van der Waals surface area contributed by atoms with Crippen LogP contribution in [0.2, 0.25) is 0 Å². The van der Waals surface area contributed by atoms with Crippen LogP contribution in [0.3, 0.4) is 0 Å². The van der Waals surface area contributed by atoms with Crippen LogP contribution in [0.5, 0.6) is 0 Å². The largest absolute Gasteiger partial charge is 0.394 e. The third kappa shape index (κ3) is 14.1. The third-order valence-electron chi connectivity index (χ3n) is 7.64. The van der Waals surface area contributed by atoms with E-state index in [4.69, 9.17) is 52.0 Å². The molecule has 10 atom stereocenters. The summed E-state index contributed by atoms with van der Waals surface area (Å²) in [4.78, 5) is 21.7. The number of unbranched alkanes of at least 4 members (excludes halogenated alkanes) is 3. The molecule has 0 spiro atoms. The Kier molecular flexibility index (Phi) is 19.1. The van der Waals surface area contributed by atoms with Crippen LogP contribution >= 0.6 is 18.9 Å². The molecule has 0 aromatic heterocycles. The van der Waals surface area contributed by atoms with Crippen LogP contribution < -0.4 is 16.0 Å². The Labute approximate surface area is 277 Å². The molecule has 0 aromatic carbocycles. The molecule has 2 saturated heterocycles. The molecule has 14 nitrogen and oxygen atoms in total. The maximum atomic E-state index is 11.5. The minimum Gasteiger partial charge on any atom is -0.394 e. The molecule has 2 heterocycles. The summed E-state index contributed by atoms with van der Waals surface area (Å²) in [6.45, 7) is -0.526. The van der Waals surface area contributed by atoms with Crippen molar-refractivity contribution in [3.63, 3.8) is 0 Å². The third-order valence-corrected chi connectivity index (χ3v) is 9.61. The summed E-state index contributed by atoms with van der Waals surface area (Å²) in [6, 6.07) is -1.02. The number of aliphatic hydroxyl groups excluding tert-OH is 3. The molecule has 45 heavy (non-hydrogen) atoms. The molecular weight excluding hydrogens is 648 g/mol. The lowest BCUT2D eigenvalue weighted by atomic mass is 9.82. The quantitative estimate of drug-likeness (QED) is 0.0274. The molecule has 1 amide bonds. The number of allylic oxidation sites excluding steroid dienone is 2. The van der Waals surface area contributed by atoms with E-state index >= 15 is 0 Å². The molecule has 2 fully saturated rings. The van der Waals surface area contributed by atoms with Gasteiger partial charge in [-0.1, -0.05) is 12.2 Å². The van der Waals surface area contributed by atoms with E-state index in [1.54, 1.807) is 7.11 Å². The van der Waals surface area contributed by atoms with Gasteiger partial charge in [-0.3, -0.25) is 4.79 Å². The van der Waals surface area contributed by atoms with Gasteiger partial charge in [-0.15, -0.1) is 0 Å². The van der Waals surface area contributed by atoms with Crippen molar-refractivity contribution in [1.29, 1.82) is 0 Å². The van der Waals surface area contributed by atoms with Crippen LogP contribution in [0.4, 0.5) is 0 Å². The Morgan fingerprint density at radius 3 is 2.36 bits per heavy atom. The zero-order valence-electron chi connectivity index (χ0n) is 26.5. The van der Waals surface area contributed by atoms with Crippen molar-refractivity contribution in [2.24, 2.45) is 5.92 Å². The number of nitrogens with one attached hydrogen (secondary N) is 3. The number of ether oxygens (including phenoxy) is 4. The first-order chi connectivity index (χ1) is 21.4. The van der Waals surface area contributed by atoms with Gasteiger partial charge < -0.3 is 64.2 Å². The molecule has 18 heteroatoms. The summed E-state index contributed by atoms with van der Waals surface area (Å²) in [5.74, 6) is -0.379. The number of carbonyl (C=O) groups excluding carboxylic acids is 1. The molecule has 0 aromatic rings. The number of methoxy groups -OCH3 is 1. The van der Waals surface area contributed by atoms with E-state index in [1.807, 2.05) is 7.85 Å². The highest BCUT2D eigenvalue weighted by molar-refractivity contribution is 8.07. The number of hydrogen-bond acceptors (Lipinski definition) is 12. The monoisotopic (exact) mass is 699 g/mol. The Morgan fingerprint density at radius 2 is 1.73 bits per heavy atom. The van der Waals surface area contributed by atoms with Gasteiger partial charge in [0.15, 0.2) is 11.4 Å². The van der Waals surface area contributed by atoms with Crippen molar-refractivity contribution in [3.05, 3.63) is 12.2 Å². The van der Waals surface area contributed by atoms with Crippen LogP contribution in [-0.4, -0.2) is 135 Å². The summed E-state index contributed by atoms with van der Waals surface area (Å²) in [6.07, 6.45) is 3.81. The van der Waals surface area contributed by atoms with E-state index in [1.165, 1.54) is 14.0 Å². The summed E-state index contributed by atoms with van der Waals surface area (Å²) in [5, 5.41) is 39.3. The molecule has 0 radical (unpaired) electrons. The van der Waals surface area contributed by atoms with Gasteiger partial charge in [-0.2, -0.15) is 0 Å². The van der Waals surface area contributed by atoms with Crippen molar-refractivity contribution in [3.8, 4) is 0 Å². The molecule has 0 aliphatic carbocycles. The fourth-order valence-electron chi connectivity index (χ4n) is 5.23. The molecule has 2 aliphatic heterocycles. The number of amides is 1. The highest BCUT2D eigenvalue weighted by atomic mass is 32.5. The van der Waals surface area contributed by atoms with Crippen molar-refractivity contribution >= 4 is 49.6 Å². The molecule has 2 rings (SSSR count). The average molecular weight is 700 g/mol. The summed E-state index contributed by atoms with van der Waals surface area (Å²) >= 11 is 10.4. The smallest absolute Gasteiger partial charge is 0.324 e. The van der Waals surface area contributed by atoms with Gasteiger partial charge in [-0.25, -0.2) is 0 Å². The maximum absolute atomic E-state index is 11.5. The summed E-state index contributed by atoms with van der Waals surface area (Å²) < 4.78 is 33.3. The summed E-state index contributed by atoms with van der Waals surface area (Å²) in [5.41, 5.74) is 0. The summed E-state index contributed by atoms with van der Waals surface area (Å²) in [7, 11) is 4.92. The molecule has 260 valence electrons. The van der Waals surface area contributed by atoms with Gasteiger partial charge in [0.05, 0.1) is 13.2 Å². The fraction of sp³-hybridized carbons (Fsp3) is 0.852. The van der Waals surface area contributed by atoms with Crippen LogP contribution in [0.1, 0.15) is 45.4 Å². The van der Waals surface area contributed by atoms with Gasteiger partial charge in [0, 0.05) is 52.8 Å². The topological polar surface area (TPSA) is 189 Å². The Hall–Kier alpha value is -0.785. The van der Waals surface area contributed by atoms with E-state index in [2.05, 4.69) is 28.1 Å². The Morgan fingerprint density at radius 1 is 1.04 bits per heavy atom. The maximum Gasteiger partial charge on any atom is 0.324 e. The first-order valence-electron chi connectivity index (χ1n) is 15.3. The number of aliphatic hydroxyl groups is 3. The van der Waals surface area contributed by atoms with E-state index in [9.17, 15) is 25.0 Å². The minimum atomic E-state index is -3.34. The number of carbonyl (C=O) groups is 1. The SMILES string of the molecule is B[C@@H]1O[C@H](COC)[C@H](OP(O)(=S)OC)C1C/C=C/CCCCNC(=S)NCCCCO[C@@H]1O[C@H](CO)[C@H](O)[C@H](O)[C@H]1NC(C)=O. The highest BCUT2D eigenvalue weighted by Gasteiger charge is 2.46. The first-order valence-corrected chi connectivity index (χ1v) is 18.3. The fourth-order valence-corrected chi connectivity index (χ4v) is 6.42. The molecule has 0 saturated carbocycles. The second-order valence-electron chi connectivity index (χ2n) is 11.1. The van der Waals surface area contributed by atoms with Gasteiger partial charge in [0.25, 0.3) is 0 Å². The van der Waals surface area contributed by atoms with Gasteiger partial charge >= 0.3 is 6.72 Å². The minimum absolute atomic E-state index is 0.0180. The van der Waals surface area contributed by atoms with E-state index in [0.717, 1.165) is 38.6 Å². The van der Waals surface area contributed by atoms with Crippen LogP contribution in [0.25, 0.3) is 0 Å². The predicted octanol–water partition coefficient (Wildman–Crippen LogP) is -0.823. The lowest BCUT2D eigenvalue weighted by Gasteiger charge is -2.42. The average Bonchev–Trinajstić information content (AvgIpc) is 3.27. The standard InChI is InChI=1S/C27H51BN3O11PS2/c1-17(33)31-21-23(35)22(34)19(15-32)41-26(21)39-14-10-9-13-30-27(44)29-12-8-6-4-5-7-11-18-24(42-43(36,45)38-3)20(16-37-2)40-25(18)28/h5,7,18-26,32,34-35H,4,6,8-16,28H2,1-3H3,(H,31,33)(H,36,45)(H2,29,30,44)/b7-5+/t18?,19-,20-,21-,22+,23-,24-,25-,26-,43?/m1/s1. The molecule has 0 bridgehead atoms. The van der Waals surface area contributed by atoms with E-state index in [0.29, 0.717) is 24.7 Å². The predicted molar refractivity (Wildman–Crippen MR) is 178 cm³/mol. The zero-order valence-corrected chi connectivity index (χ0v) is 29.1. The second kappa shape index (κ2) is 21.2. The second-order valence-corrected chi connectivity index (χ2v) is 14.4. The van der Waals surface area contributed by atoms with Gasteiger partial charge in [0.1, 0.15) is 44.4 Å². The van der Waals surface area contributed by atoms with Crippen LogP contribution in [-0.2, 0) is 44.6 Å². The van der Waals surface area contributed by atoms with E-state index in [-0.39, 0.29) is 24.6 Å². The lowest BCUT2D eigenvalue weighted by molar-refractivity contribution is -0.270. The van der Waals surface area contributed by atoms with Crippen molar-refractivity contribution in [2.75, 3.05) is 47.1 Å². The van der Waals surface area contributed by atoms with Gasteiger partial charge in [-0.05, 0) is 62.5 Å². The Bertz CT molecular complexity index is 975. The van der Waals surface area contributed by atoms with Crippen molar-refractivity contribution < 1.29 is 53.0 Å². The lowest BCUT2D eigenvalue weighted by Crippen LogP contribution is -2.64. The number of rotatable bonds is 20. The molecule has 7 N–H and O–H groups in total. The molecule has 2 aliphatic rings. The normalized spacial score (nSPS) is 31.5. The highest BCUT2D eigenvalue weighted by Crippen LogP contribution is 2.48. The van der Waals surface area contributed by atoms with Gasteiger partial charge in [0.2, 0.25) is 5.91 Å². The Balaban J connectivity index is 1.58. The van der Waals surface area contributed by atoms with Crippen LogP contribution in [0.15, 0.2) is 12.2 Å². The first kappa shape index (κ1) is 40.4. The number of thiocarbonyl (C=S) groups is 1. The van der Waals surface area contributed by atoms with Crippen molar-refractivity contribution in [1.82, 2.24) is 16.0 Å². The van der Waals surface area contributed by atoms with E-state index < -0.39 is 56.0 Å². The molecule has 2 unspecified atom stereocenters. The molecular formula is C27H51BN3O11PS2. The van der Waals surface area contributed by atoms with Crippen molar-refractivity contribution in [2.45, 2.75) is 94.3 Å². The number of hydrogen-bond donors (Lipinski definition) is 7. The van der Waals surface area contributed by atoms with Crippen LogP contribution in [0, 0.1) is 5.92 Å².